The van der Waals surface area contributed by atoms with E-state index < -0.39 is 10.6 Å². The zero-order valence-electron chi connectivity index (χ0n) is 15.4. The molecule has 0 unspecified atom stereocenters. The minimum absolute atomic E-state index is 0.0139. The third-order valence-corrected chi connectivity index (χ3v) is 4.80. The van der Waals surface area contributed by atoms with Crippen LogP contribution in [0.2, 0.25) is 0 Å². The van der Waals surface area contributed by atoms with Crippen molar-refractivity contribution in [2.45, 2.75) is 13.1 Å². The number of non-ortho nitro benzene ring substituents is 1. The lowest BCUT2D eigenvalue weighted by Gasteiger charge is -2.14. The maximum absolute atomic E-state index is 13.2. The molecule has 1 aromatic heterocycles. The number of rotatable bonds is 5. The molecule has 0 aliphatic heterocycles. The lowest BCUT2D eigenvalue weighted by Crippen LogP contribution is -2.40. The van der Waals surface area contributed by atoms with Crippen LogP contribution in [0.1, 0.15) is 11.1 Å². The molecule has 4 aromatic rings. The van der Waals surface area contributed by atoms with Crippen LogP contribution in [0.3, 0.4) is 0 Å². The second-order valence-electron chi connectivity index (χ2n) is 6.69. The molecule has 0 atom stereocenters. The molecule has 0 aliphatic carbocycles. The highest BCUT2D eigenvalue weighted by Crippen LogP contribution is 2.15. The van der Waals surface area contributed by atoms with Crippen molar-refractivity contribution in [3.8, 4) is 0 Å². The molecule has 29 heavy (non-hydrogen) atoms. The minimum Gasteiger partial charge on any atom is -0.289 e. The van der Waals surface area contributed by atoms with Crippen LogP contribution in [0.25, 0.3) is 10.9 Å². The van der Waals surface area contributed by atoms with Crippen molar-refractivity contribution in [1.29, 1.82) is 0 Å². The van der Waals surface area contributed by atoms with Crippen molar-refractivity contribution >= 4 is 16.6 Å². The SMILES string of the molecule is O=c1c2ccccc2n(Cc2ccc([N+](=O)[O-])cc2)c(=O)n1Cc1ccccc1. The molecule has 144 valence electrons. The molecule has 4 rings (SSSR count). The highest BCUT2D eigenvalue weighted by atomic mass is 16.6. The van der Waals surface area contributed by atoms with Crippen molar-refractivity contribution in [2.24, 2.45) is 0 Å². The average molecular weight is 387 g/mol. The number of hydrogen-bond acceptors (Lipinski definition) is 4. The number of benzene rings is 3. The van der Waals surface area contributed by atoms with Crippen molar-refractivity contribution in [3.63, 3.8) is 0 Å². The molecule has 0 N–H and O–H groups in total. The van der Waals surface area contributed by atoms with Gasteiger partial charge < -0.3 is 0 Å². The van der Waals surface area contributed by atoms with Crippen molar-refractivity contribution in [2.75, 3.05) is 0 Å². The van der Waals surface area contributed by atoms with E-state index in [0.29, 0.717) is 10.9 Å². The molecule has 0 aliphatic rings. The molecule has 3 aromatic carbocycles. The van der Waals surface area contributed by atoms with Gasteiger partial charge in [0.15, 0.2) is 0 Å². The van der Waals surface area contributed by atoms with Crippen LogP contribution in [0.4, 0.5) is 5.69 Å². The second-order valence-corrected chi connectivity index (χ2v) is 6.69. The van der Waals surface area contributed by atoms with E-state index in [1.807, 2.05) is 30.3 Å². The molecule has 0 bridgehead atoms. The van der Waals surface area contributed by atoms with Crippen LogP contribution < -0.4 is 11.2 Å². The summed E-state index contributed by atoms with van der Waals surface area (Å²) < 4.78 is 2.75. The van der Waals surface area contributed by atoms with E-state index in [9.17, 15) is 19.7 Å². The summed E-state index contributed by atoms with van der Waals surface area (Å²) in [4.78, 5) is 36.6. The normalized spacial score (nSPS) is 10.9. The number of para-hydroxylation sites is 1. The summed E-state index contributed by atoms with van der Waals surface area (Å²) in [6.07, 6.45) is 0. The summed E-state index contributed by atoms with van der Waals surface area (Å²) in [5.74, 6) is 0. The highest BCUT2D eigenvalue weighted by Gasteiger charge is 2.14. The van der Waals surface area contributed by atoms with E-state index in [1.165, 1.54) is 21.3 Å². The molecule has 0 radical (unpaired) electrons. The van der Waals surface area contributed by atoms with Gasteiger partial charge >= 0.3 is 5.69 Å². The maximum Gasteiger partial charge on any atom is 0.332 e. The Bertz CT molecular complexity index is 1310. The van der Waals surface area contributed by atoms with E-state index in [1.54, 1.807) is 36.4 Å². The Balaban J connectivity index is 1.85. The fourth-order valence-corrected chi connectivity index (χ4v) is 3.33. The highest BCUT2D eigenvalue weighted by molar-refractivity contribution is 5.78. The Labute approximate surface area is 165 Å². The molecule has 0 fully saturated rings. The summed E-state index contributed by atoms with van der Waals surface area (Å²) in [7, 11) is 0. The predicted octanol–water partition coefficient (Wildman–Crippen LogP) is 3.17. The van der Waals surface area contributed by atoms with Gasteiger partial charge in [-0.2, -0.15) is 0 Å². The van der Waals surface area contributed by atoms with Gasteiger partial charge in [-0.1, -0.05) is 54.6 Å². The van der Waals surface area contributed by atoms with Crippen LogP contribution in [0.15, 0.2) is 88.5 Å². The first-order valence-corrected chi connectivity index (χ1v) is 9.04. The Morgan fingerprint density at radius 1 is 0.724 bits per heavy atom. The Morgan fingerprint density at radius 2 is 1.31 bits per heavy atom. The Hall–Kier alpha value is -4.00. The van der Waals surface area contributed by atoms with Gasteiger partial charge in [-0.05, 0) is 23.3 Å². The minimum atomic E-state index is -0.467. The number of nitrogens with zero attached hydrogens (tertiary/aromatic N) is 3. The van der Waals surface area contributed by atoms with Crippen LogP contribution in [-0.4, -0.2) is 14.1 Å². The quantitative estimate of drug-likeness (QED) is 0.389. The molecule has 0 spiro atoms. The lowest BCUT2D eigenvalue weighted by molar-refractivity contribution is -0.384. The number of hydrogen-bond donors (Lipinski definition) is 0. The number of aromatic nitrogens is 2. The second kappa shape index (κ2) is 7.55. The third kappa shape index (κ3) is 3.58. The van der Waals surface area contributed by atoms with Gasteiger partial charge in [0, 0.05) is 12.1 Å². The van der Waals surface area contributed by atoms with Gasteiger partial charge in [0.1, 0.15) is 0 Å². The van der Waals surface area contributed by atoms with E-state index in [0.717, 1.165) is 11.1 Å². The number of nitro groups is 1. The van der Waals surface area contributed by atoms with Crippen molar-refractivity contribution in [1.82, 2.24) is 9.13 Å². The van der Waals surface area contributed by atoms with E-state index in [-0.39, 0.29) is 24.3 Å². The molecule has 0 saturated heterocycles. The topological polar surface area (TPSA) is 87.1 Å². The fraction of sp³-hybridized carbons (Fsp3) is 0.0909. The van der Waals surface area contributed by atoms with Gasteiger partial charge in [-0.3, -0.25) is 24.0 Å². The van der Waals surface area contributed by atoms with E-state index >= 15 is 0 Å². The molecule has 7 heteroatoms. The summed E-state index contributed by atoms with van der Waals surface area (Å²) >= 11 is 0. The molecular formula is C22H17N3O4. The molecular weight excluding hydrogens is 370 g/mol. The van der Waals surface area contributed by atoms with Gasteiger partial charge in [0.2, 0.25) is 0 Å². The summed E-state index contributed by atoms with van der Waals surface area (Å²) in [6, 6.07) is 22.3. The maximum atomic E-state index is 13.2. The van der Waals surface area contributed by atoms with Crippen LogP contribution in [-0.2, 0) is 13.1 Å². The Kier molecular flexibility index (Phi) is 4.78. The van der Waals surface area contributed by atoms with Gasteiger partial charge in [-0.25, -0.2) is 4.79 Å². The van der Waals surface area contributed by atoms with Crippen LogP contribution in [0, 0.1) is 10.1 Å². The smallest absolute Gasteiger partial charge is 0.289 e. The summed E-state index contributed by atoms with van der Waals surface area (Å²) in [6.45, 7) is 0.371. The molecule has 7 nitrogen and oxygen atoms in total. The monoisotopic (exact) mass is 387 g/mol. The lowest BCUT2D eigenvalue weighted by atomic mass is 10.2. The predicted molar refractivity (Wildman–Crippen MR) is 110 cm³/mol. The third-order valence-electron chi connectivity index (χ3n) is 4.80. The first-order chi connectivity index (χ1) is 14.0. The Morgan fingerprint density at radius 3 is 2.00 bits per heavy atom. The first-order valence-electron chi connectivity index (χ1n) is 9.04. The van der Waals surface area contributed by atoms with Gasteiger partial charge in [0.05, 0.1) is 28.9 Å². The average Bonchev–Trinajstić information content (AvgIpc) is 2.75. The first kappa shape index (κ1) is 18.4. The zero-order valence-corrected chi connectivity index (χ0v) is 15.4. The fourth-order valence-electron chi connectivity index (χ4n) is 3.33. The zero-order chi connectivity index (χ0) is 20.4. The van der Waals surface area contributed by atoms with E-state index in [4.69, 9.17) is 0 Å². The van der Waals surface area contributed by atoms with E-state index in [2.05, 4.69) is 0 Å². The molecule has 0 saturated carbocycles. The number of nitro benzene ring substituents is 1. The van der Waals surface area contributed by atoms with Crippen LogP contribution in [0.5, 0.6) is 0 Å². The van der Waals surface area contributed by atoms with Gasteiger partial charge in [-0.15, -0.1) is 0 Å². The van der Waals surface area contributed by atoms with Gasteiger partial charge in [0.25, 0.3) is 11.2 Å². The molecule has 1 heterocycles. The van der Waals surface area contributed by atoms with Crippen LogP contribution >= 0.6 is 0 Å². The standard InChI is InChI=1S/C22H17N3O4/c26-21-19-8-4-5-9-20(19)23(14-17-10-12-18(13-11-17)25(28)29)22(27)24(21)15-16-6-2-1-3-7-16/h1-13H,14-15H2. The summed E-state index contributed by atoms with van der Waals surface area (Å²) in [5.41, 5.74) is 1.34. The van der Waals surface area contributed by atoms with Crippen molar-refractivity contribution in [3.05, 3.63) is 121 Å². The summed E-state index contributed by atoms with van der Waals surface area (Å²) in [5, 5.41) is 11.3. The molecule has 0 amide bonds. The largest absolute Gasteiger partial charge is 0.332 e. The van der Waals surface area contributed by atoms with Crippen molar-refractivity contribution < 1.29 is 4.92 Å². The number of fused-ring (bicyclic) bond motifs is 1.